The topological polar surface area (TPSA) is 90.0 Å². The number of hydrogen-bond donors (Lipinski definition) is 2. The molecule has 1 aliphatic rings. The highest BCUT2D eigenvalue weighted by molar-refractivity contribution is 7.89. The Morgan fingerprint density at radius 3 is 2.53 bits per heavy atom. The highest BCUT2D eigenvalue weighted by Gasteiger charge is 2.35. The Labute approximate surface area is 114 Å². The number of nitrogens with zero attached hydrogens (tertiary/aromatic N) is 2. The van der Waals surface area contributed by atoms with Crippen molar-refractivity contribution in [2.75, 3.05) is 5.73 Å². The van der Waals surface area contributed by atoms with Crippen molar-refractivity contribution in [2.45, 2.75) is 51.0 Å². The number of nitrogens with one attached hydrogen (secondary N) is 1. The lowest BCUT2D eigenvalue weighted by atomic mass is 9.92. The summed E-state index contributed by atoms with van der Waals surface area (Å²) in [6.45, 7) is 6.02. The van der Waals surface area contributed by atoms with Crippen molar-refractivity contribution in [1.82, 2.24) is 14.5 Å². The van der Waals surface area contributed by atoms with Crippen molar-refractivity contribution >= 4 is 15.8 Å². The first kappa shape index (κ1) is 14.3. The van der Waals surface area contributed by atoms with Crippen molar-refractivity contribution < 1.29 is 8.42 Å². The van der Waals surface area contributed by atoms with Crippen LogP contribution >= 0.6 is 0 Å². The lowest BCUT2D eigenvalue weighted by molar-refractivity contribution is 0.372. The van der Waals surface area contributed by atoms with E-state index in [4.69, 9.17) is 5.73 Å². The van der Waals surface area contributed by atoms with Crippen LogP contribution in [-0.4, -0.2) is 24.2 Å². The van der Waals surface area contributed by atoms with Crippen LogP contribution in [0.1, 0.15) is 38.8 Å². The maximum atomic E-state index is 12.4. The fraction of sp³-hybridized carbons (Fsp3) is 0.750. The van der Waals surface area contributed by atoms with E-state index in [2.05, 4.69) is 23.7 Å². The Hall–Kier alpha value is -1.08. The Kier molecular flexibility index (Phi) is 3.38. The predicted molar refractivity (Wildman–Crippen MR) is 74.1 cm³/mol. The fourth-order valence-corrected chi connectivity index (χ4v) is 4.36. The van der Waals surface area contributed by atoms with Crippen molar-refractivity contribution in [1.29, 1.82) is 0 Å². The van der Waals surface area contributed by atoms with Crippen LogP contribution in [-0.2, 0) is 17.1 Å². The lowest BCUT2D eigenvalue weighted by Crippen LogP contribution is -2.34. The number of hydrogen-bond acceptors (Lipinski definition) is 4. The molecule has 1 aromatic rings. The summed E-state index contributed by atoms with van der Waals surface area (Å²) < 4.78 is 29.1. The van der Waals surface area contributed by atoms with Gasteiger partial charge in [-0.2, -0.15) is 5.10 Å². The van der Waals surface area contributed by atoms with E-state index in [1.165, 1.54) is 4.68 Å². The van der Waals surface area contributed by atoms with E-state index >= 15 is 0 Å². The monoisotopic (exact) mass is 286 g/mol. The second-order valence-corrected chi connectivity index (χ2v) is 7.80. The molecule has 0 saturated heterocycles. The summed E-state index contributed by atoms with van der Waals surface area (Å²) in [5, 5.41) is 3.96. The van der Waals surface area contributed by atoms with Crippen LogP contribution in [0.15, 0.2) is 4.90 Å². The Balaban J connectivity index is 2.24. The predicted octanol–water partition coefficient (Wildman–Crippen LogP) is 1.17. The molecule has 1 fully saturated rings. The number of aromatic nitrogens is 2. The molecular weight excluding hydrogens is 264 g/mol. The van der Waals surface area contributed by atoms with Crippen LogP contribution in [0.5, 0.6) is 0 Å². The molecule has 2 rings (SSSR count). The summed E-state index contributed by atoms with van der Waals surface area (Å²) in [5.41, 5.74) is 6.46. The standard InChI is InChI=1S/C12H22N4O2S/c1-8-10(11(13)14-16(8)4)19(17,18)15-9-5-6-12(2,3)7-9/h9,15H,5-7H2,1-4H3,(H2,13,14). The van der Waals surface area contributed by atoms with Gasteiger partial charge in [0, 0.05) is 13.1 Å². The minimum atomic E-state index is -3.59. The van der Waals surface area contributed by atoms with Crippen molar-refractivity contribution in [3.63, 3.8) is 0 Å². The van der Waals surface area contributed by atoms with Gasteiger partial charge < -0.3 is 5.73 Å². The van der Waals surface area contributed by atoms with Crippen LogP contribution < -0.4 is 10.5 Å². The summed E-state index contributed by atoms with van der Waals surface area (Å²) in [5.74, 6) is 0.0600. The first-order valence-corrected chi connectivity index (χ1v) is 7.92. The summed E-state index contributed by atoms with van der Waals surface area (Å²) in [6.07, 6.45) is 2.75. The normalized spacial score (nSPS) is 22.8. The molecule has 1 aliphatic carbocycles. The number of aryl methyl sites for hydroxylation is 1. The summed E-state index contributed by atoms with van der Waals surface area (Å²) in [7, 11) is -1.91. The third-order valence-electron chi connectivity index (χ3n) is 3.86. The van der Waals surface area contributed by atoms with Crippen LogP contribution in [0.3, 0.4) is 0 Å². The van der Waals surface area contributed by atoms with Gasteiger partial charge in [-0.15, -0.1) is 0 Å². The van der Waals surface area contributed by atoms with E-state index in [9.17, 15) is 8.42 Å². The third-order valence-corrected chi connectivity index (χ3v) is 5.55. The van der Waals surface area contributed by atoms with Gasteiger partial charge in [0.1, 0.15) is 4.90 Å². The molecule has 0 spiro atoms. The summed E-state index contributed by atoms with van der Waals surface area (Å²) in [6, 6.07) is -0.0148. The van der Waals surface area contributed by atoms with Gasteiger partial charge in [-0.1, -0.05) is 13.8 Å². The second kappa shape index (κ2) is 4.49. The molecule has 7 heteroatoms. The molecule has 1 unspecified atom stereocenters. The fourth-order valence-electron chi connectivity index (χ4n) is 2.76. The molecular formula is C12H22N4O2S. The quantitative estimate of drug-likeness (QED) is 0.872. The lowest BCUT2D eigenvalue weighted by Gasteiger charge is -2.17. The minimum Gasteiger partial charge on any atom is -0.381 e. The van der Waals surface area contributed by atoms with Crippen LogP contribution in [0.25, 0.3) is 0 Å². The highest BCUT2D eigenvalue weighted by Crippen LogP contribution is 2.37. The van der Waals surface area contributed by atoms with Gasteiger partial charge in [-0.05, 0) is 31.6 Å². The molecule has 1 aromatic heterocycles. The van der Waals surface area contributed by atoms with E-state index in [0.29, 0.717) is 5.69 Å². The van der Waals surface area contributed by atoms with Crippen LogP contribution in [0, 0.1) is 12.3 Å². The summed E-state index contributed by atoms with van der Waals surface area (Å²) in [4.78, 5) is 0.111. The van der Waals surface area contributed by atoms with E-state index in [0.717, 1.165) is 19.3 Å². The van der Waals surface area contributed by atoms with Gasteiger partial charge in [0.15, 0.2) is 5.82 Å². The van der Waals surface area contributed by atoms with Gasteiger partial charge in [-0.3, -0.25) is 4.68 Å². The Morgan fingerprint density at radius 1 is 1.47 bits per heavy atom. The molecule has 6 nitrogen and oxygen atoms in total. The zero-order valence-electron chi connectivity index (χ0n) is 11.9. The molecule has 0 aliphatic heterocycles. The molecule has 1 saturated carbocycles. The number of nitrogen functional groups attached to an aromatic ring is 1. The van der Waals surface area contributed by atoms with Crippen molar-refractivity contribution in [3.8, 4) is 0 Å². The maximum Gasteiger partial charge on any atom is 0.246 e. The largest absolute Gasteiger partial charge is 0.381 e. The first-order valence-electron chi connectivity index (χ1n) is 6.44. The second-order valence-electron chi connectivity index (χ2n) is 6.15. The summed E-state index contributed by atoms with van der Waals surface area (Å²) >= 11 is 0. The SMILES string of the molecule is Cc1c(S(=O)(=O)NC2CCC(C)(C)C2)c(N)nn1C. The third kappa shape index (κ3) is 2.76. The van der Waals surface area contributed by atoms with E-state index in [-0.39, 0.29) is 22.2 Å². The van der Waals surface area contributed by atoms with Gasteiger partial charge in [-0.25, -0.2) is 13.1 Å². The molecule has 1 heterocycles. The van der Waals surface area contributed by atoms with E-state index < -0.39 is 10.0 Å². The number of rotatable bonds is 3. The van der Waals surface area contributed by atoms with E-state index in [1.54, 1.807) is 14.0 Å². The van der Waals surface area contributed by atoms with Crippen molar-refractivity contribution in [2.24, 2.45) is 12.5 Å². The molecule has 0 amide bonds. The zero-order chi connectivity index (χ0) is 14.4. The molecule has 3 N–H and O–H groups in total. The van der Waals surface area contributed by atoms with Crippen molar-refractivity contribution in [3.05, 3.63) is 5.69 Å². The van der Waals surface area contributed by atoms with Gasteiger partial charge >= 0.3 is 0 Å². The molecule has 0 bridgehead atoms. The van der Waals surface area contributed by atoms with Crippen LogP contribution in [0.2, 0.25) is 0 Å². The maximum absolute atomic E-state index is 12.4. The number of nitrogens with two attached hydrogens (primary N) is 1. The molecule has 0 radical (unpaired) electrons. The Bertz CT molecular complexity index is 589. The molecule has 108 valence electrons. The van der Waals surface area contributed by atoms with E-state index in [1.807, 2.05) is 0 Å². The minimum absolute atomic E-state index is 0.0148. The first-order chi connectivity index (χ1) is 8.62. The number of anilines is 1. The van der Waals surface area contributed by atoms with Gasteiger partial charge in [0.05, 0.1) is 5.69 Å². The zero-order valence-corrected chi connectivity index (χ0v) is 12.7. The molecule has 0 aromatic carbocycles. The Morgan fingerprint density at radius 2 is 2.11 bits per heavy atom. The highest BCUT2D eigenvalue weighted by atomic mass is 32.2. The average Bonchev–Trinajstić information content (AvgIpc) is 2.67. The molecule has 1 atom stereocenters. The molecule has 19 heavy (non-hydrogen) atoms. The van der Waals surface area contributed by atoms with Gasteiger partial charge in [0.2, 0.25) is 10.0 Å². The average molecular weight is 286 g/mol. The van der Waals surface area contributed by atoms with Gasteiger partial charge in [0.25, 0.3) is 0 Å². The number of sulfonamides is 1. The smallest absolute Gasteiger partial charge is 0.246 e. The van der Waals surface area contributed by atoms with Crippen LogP contribution in [0.4, 0.5) is 5.82 Å².